The molecule has 0 saturated carbocycles. The van der Waals surface area contributed by atoms with Crippen molar-refractivity contribution in [1.29, 1.82) is 0 Å². The van der Waals surface area contributed by atoms with Crippen LogP contribution in [0.4, 0.5) is 0 Å². The lowest BCUT2D eigenvalue weighted by atomic mass is 10.1. The first kappa shape index (κ1) is 11.5. The Bertz CT molecular complexity index is 511. The number of carbonyl (C=O) groups excluding carboxylic acids is 1. The van der Waals surface area contributed by atoms with Gasteiger partial charge in [-0.15, -0.1) is 0 Å². The maximum atomic E-state index is 11.5. The highest BCUT2D eigenvalue weighted by molar-refractivity contribution is 5.88. The fraction of sp³-hybridized carbons (Fsp3) is 0.214. The highest BCUT2D eigenvalue weighted by atomic mass is 16.5. The van der Waals surface area contributed by atoms with Crippen LogP contribution in [0.25, 0.3) is 5.69 Å². The van der Waals surface area contributed by atoms with Crippen molar-refractivity contribution in [2.75, 3.05) is 7.11 Å². The minimum atomic E-state index is -0.324. The summed E-state index contributed by atoms with van der Waals surface area (Å²) in [7, 11) is 1.39. The van der Waals surface area contributed by atoms with Gasteiger partial charge in [-0.1, -0.05) is 19.1 Å². The van der Waals surface area contributed by atoms with Crippen molar-refractivity contribution in [3.05, 3.63) is 53.9 Å². The Morgan fingerprint density at radius 1 is 1.24 bits per heavy atom. The van der Waals surface area contributed by atoms with E-state index in [1.165, 1.54) is 12.7 Å². The van der Waals surface area contributed by atoms with Gasteiger partial charge in [-0.3, -0.25) is 0 Å². The molecule has 2 rings (SSSR count). The van der Waals surface area contributed by atoms with Crippen molar-refractivity contribution in [2.45, 2.75) is 13.3 Å². The molecule has 1 aromatic carbocycles. The average molecular weight is 229 g/mol. The maximum Gasteiger partial charge on any atom is 0.355 e. The van der Waals surface area contributed by atoms with Crippen molar-refractivity contribution in [3.63, 3.8) is 0 Å². The Balaban J connectivity index is 2.39. The van der Waals surface area contributed by atoms with Crippen LogP contribution >= 0.6 is 0 Å². The first-order valence-electron chi connectivity index (χ1n) is 5.61. The van der Waals surface area contributed by atoms with Gasteiger partial charge in [0.2, 0.25) is 0 Å². The number of benzene rings is 1. The fourth-order valence-electron chi connectivity index (χ4n) is 1.77. The van der Waals surface area contributed by atoms with Crippen LogP contribution in [-0.4, -0.2) is 17.6 Å². The van der Waals surface area contributed by atoms with Crippen molar-refractivity contribution in [3.8, 4) is 5.69 Å². The van der Waals surface area contributed by atoms with E-state index in [2.05, 4.69) is 19.1 Å². The van der Waals surface area contributed by atoms with Crippen LogP contribution in [0.2, 0.25) is 0 Å². The highest BCUT2D eigenvalue weighted by Gasteiger charge is 2.11. The minimum absolute atomic E-state index is 0.324. The molecule has 0 spiro atoms. The summed E-state index contributed by atoms with van der Waals surface area (Å²) in [4.78, 5) is 11.5. The van der Waals surface area contributed by atoms with Crippen LogP contribution in [0.5, 0.6) is 0 Å². The van der Waals surface area contributed by atoms with E-state index < -0.39 is 0 Å². The summed E-state index contributed by atoms with van der Waals surface area (Å²) >= 11 is 0. The molecule has 0 unspecified atom stereocenters. The molecule has 0 aliphatic heterocycles. The predicted molar refractivity (Wildman–Crippen MR) is 66.5 cm³/mol. The first-order chi connectivity index (χ1) is 8.26. The standard InChI is InChI=1S/C14H15NO2/c1-3-11-6-8-12(9-7-11)15-10-4-5-13(15)14(16)17-2/h4-10H,3H2,1-2H3. The number of rotatable bonds is 3. The van der Waals surface area contributed by atoms with Gasteiger partial charge in [0.1, 0.15) is 5.69 Å². The number of nitrogens with zero attached hydrogens (tertiary/aromatic N) is 1. The molecule has 1 aromatic heterocycles. The number of hydrogen-bond donors (Lipinski definition) is 0. The Kier molecular flexibility index (Phi) is 3.28. The van der Waals surface area contributed by atoms with Gasteiger partial charge in [0, 0.05) is 11.9 Å². The van der Waals surface area contributed by atoms with Crippen LogP contribution in [0.15, 0.2) is 42.6 Å². The Labute approximate surface area is 101 Å². The second-order valence-electron chi connectivity index (χ2n) is 3.78. The van der Waals surface area contributed by atoms with Crippen LogP contribution in [-0.2, 0) is 11.2 Å². The van der Waals surface area contributed by atoms with E-state index in [1.807, 2.05) is 29.0 Å². The topological polar surface area (TPSA) is 31.2 Å². The molecule has 3 heteroatoms. The molecule has 17 heavy (non-hydrogen) atoms. The number of hydrogen-bond acceptors (Lipinski definition) is 2. The van der Waals surface area contributed by atoms with Crippen LogP contribution < -0.4 is 0 Å². The number of esters is 1. The van der Waals surface area contributed by atoms with Crippen LogP contribution in [0.1, 0.15) is 23.0 Å². The summed E-state index contributed by atoms with van der Waals surface area (Å²) in [6.07, 6.45) is 2.86. The second-order valence-corrected chi connectivity index (χ2v) is 3.78. The summed E-state index contributed by atoms with van der Waals surface area (Å²) in [5, 5.41) is 0. The Hall–Kier alpha value is -2.03. The zero-order chi connectivity index (χ0) is 12.3. The summed E-state index contributed by atoms with van der Waals surface area (Å²) in [5.41, 5.74) is 2.78. The molecule has 0 aliphatic carbocycles. The normalized spacial score (nSPS) is 10.2. The van der Waals surface area contributed by atoms with E-state index in [9.17, 15) is 4.79 Å². The summed E-state index contributed by atoms with van der Waals surface area (Å²) in [6.45, 7) is 2.12. The van der Waals surface area contributed by atoms with Crippen LogP contribution in [0.3, 0.4) is 0 Å². The molecule has 2 aromatic rings. The fourth-order valence-corrected chi connectivity index (χ4v) is 1.77. The van der Waals surface area contributed by atoms with Crippen molar-refractivity contribution in [1.82, 2.24) is 4.57 Å². The molecule has 0 saturated heterocycles. The van der Waals surface area contributed by atoms with E-state index in [4.69, 9.17) is 4.74 Å². The molecule has 1 heterocycles. The predicted octanol–water partition coefficient (Wildman–Crippen LogP) is 2.83. The van der Waals surface area contributed by atoms with Gasteiger partial charge in [-0.25, -0.2) is 4.79 Å². The van der Waals surface area contributed by atoms with Gasteiger partial charge in [0.05, 0.1) is 7.11 Å². The smallest absolute Gasteiger partial charge is 0.355 e. The highest BCUT2D eigenvalue weighted by Crippen LogP contribution is 2.14. The van der Waals surface area contributed by atoms with Gasteiger partial charge in [0.15, 0.2) is 0 Å². The number of methoxy groups -OCH3 is 1. The molecule has 3 nitrogen and oxygen atoms in total. The molecule has 0 N–H and O–H groups in total. The largest absolute Gasteiger partial charge is 0.464 e. The second kappa shape index (κ2) is 4.87. The maximum absolute atomic E-state index is 11.5. The third-order valence-electron chi connectivity index (χ3n) is 2.77. The van der Waals surface area contributed by atoms with Gasteiger partial charge in [-0.05, 0) is 36.2 Å². The Morgan fingerprint density at radius 3 is 2.53 bits per heavy atom. The molecular weight excluding hydrogens is 214 g/mol. The van der Waals surface area contributed by atoms with Crippen molar-refractivity contribution >= 4 is 5.97 Å². The van der Waals surface area contributed by atoms with E-state index in [0.29, 0.717) is 5.69 Å². The molecule has 0 bridgehead atoms. The SMILES string of the molecule is CCc1ccc(-n2cccc2C(=O)OC)cc1. The van der Waals surface area contributed by atoms with Gasteiger partial charge >= 0.3 is 5.97 Å². The zero-order valence-electron chi connectivity index (χ0n) is 10.0. The van der Waals surface area contributed by atoms with Gasteiger partial charge in [0.25, 0.3) is 0 Å². The lowest BCUT2D eigenvalue weighted by Crippen LogP contribution is -2.08. The van der Waals surface area contributed by atoms with E-state index in [-0.39, 0.29) is 5.97 Å². The molecule has 0 amide bonds. The molecule has 0 aliphatic rings. The third kappa shape index (κ3) is 2.23. The number of ether oxygens (including phenoxy) is 1. The minimum Gasteiger partial charge on any atom is -0.464 e. The molecular formula is C14H15NO2. The van der Waals surface area contributed by atoms with Crippen molar-refractivity contribution in [2.24, 2.45) is 0 Å². The molecule has 0 radical (unpaired) electrons. The monoisotopic (exact) mass is 229 g/mol. The quantitative estimate of drug-likeness (QED) is 0.758. The van der Waals surface area contributed by atoms with Crippen molar-refractivity contribution < 1.29 is 9.53 Å². The summed E-state index contributed by atoms with van der Waals surface area (Å²) in [6, 6.07) is 11.7. The molecule has 0 fully saturated rings. The number of aryl methyl sites for hydroxylation is 1. The lowest BCUT2D eigenvalue weighted by Gasteiger charge is -2.08. The zero-order valence-corrected chi connectivity index (χ0v) is 10.0. The Morgan fingerprint density at radius 2 is 1.94 bits per heavy atom. The first-order valence-corrected chi connectivity index (χ1v) is 5.61. The summed E-state index contributed by atoms with van der Waals surface area (Å²) in [5.74, 6) is -0.324. The van der Waals surface area contributed by atoms with Gasteiger partial charge in [-0.2, -0.15) is 0 Å². The van der Waals surface area contributed by atoms with E-state index >= 15 is 0 Å². The van der Waals surface area contributed by atoms with Gasteiger partial charge < -0.3 is 9.30 Å². The van der Waals surface area contributed by atoms with E-state index in [0.717, 1.165) is 12.1 Å². The number of aromatic nitrogens is 1. The summed E-state index contributed by atoms with van der Waals surface area (Å²) < 4.78 is 6.57. The molecule has 0 atom stereocenters. The molecule has 88 valence electrons. The van der Waals surface area contributed by atoms with E-state index in [1.54, 1.807) is 6.07 Å². The lowest BCUT2D eigenvalue weighted by molar-refractivity contribution is 0.0591. The van der Waals surface area contributed by atoms with Crippen LogP contribution in [0, 0.1) is 0 Å². The number of carbonyl (C=O) groups is 1. The third-order valence-corrected chi connectivity index (χ3v) is 2.77. The average Bonchev–Trinajstić information content (AvgIpc) is 2.87.